The maximum Gasteiger partial charge on any atom is 0.340 e. The Balaban J connectivity index is 2.44. The van der Waals surface area contributed by atoms with Crippen molar-refractivity contribution in [1.29, 1.82) is 0 Å². The number of rotatable bonds is 4. The van der Waals surface area contributed by atoms with Crippen LogP contribution in [0.15, 0.2) is 30.3 Å². The summed E-state index contributed by atoms with van der Waals surface area (Å²) in [6, 6.07) is 11.5. The van der Waals surface area contributed by atoms with Crippen LogP contribution in [-0.4, -0.2) is 22.6 Å². The van der Waals surface area contributed by atoms with Crippen LogP contribution >= 0.6 is 0 Å². The number of benzene rings is 1. The smallest absolute Gasteiger partial charge is 0.340 e. The Hall–Kier alpha value is -1.31. The van der Waals surface area contributed by atoms with E-state index >= 15 is 0 Å². The quantitative estimate of drug-likeness (QED) is 0.747. The molecule has 2 nitrogen and oxygen atoms in total. The molecule has 1 heterocycles. The molecule has 2 heteroatoms. The molecule has 0 spiro atoms. The zero-order valence-corrected chi connectivity index (χ0v) is 13.6. The molecule has 1 aromatic rings. The Kier molecular flexibility index (Phi) is 4.52. The maximum atomic E-state index is 6.40. The summed E-state index contributed by atoms with van der Waals surface area (Å²) in [5.74, 6) is 2.12. The lowest BCUT2D eigenvalue weighted by atomic mass is 9.93. The van der Waals surface area contributed by atoms with E-state index in [1.54, 1.807) is 0 Å². The van der Waals surface area contributed by atoms with E-state index in [4.69, 9.17) is 4.74 Å². The molecule has 0 aliphatic carbocycles. The van der Waals surface area contributed by atoms with Crippen LogP contribution < -0.4 is 0 Å². The van der Waals surface area contributed by atoms with Gasteiger partial charge in [0.2, 0.25) is 0 Å². The van der Waals surface area contributed by atoms with Gasteiger partial charge in [-0.3, -0.25) is 0 Å². The molecule has 0 amide bonds. The van der Waals surface area contributed by atoms with E-state index in [9.17, 15) is 0 Å². The first-order valence-electron chi connectivity index (χ1n) is 7.80. The molecular weight excluding hydrogens is 246 g/mol. The van der Waals surface area contributed by atoms with Crippen molar-refractivity contribution < 1.29 is 9.31 Å². The molecule has 0 bridgehead atoms. The van der Waals surface area contributed by atoms with Gasteiger partial charge in [-0.25, -0.2) is 0 Å². The Morgan fingerprint density at radius 3 is 2.00 bits per heavy atom. The van der Waals surface area contributed by atoms with Crippen molar-refractivity contribution in [3.63, 3.8) is 0 Å². The summed E-state index contributed by atoms with van der Waals surface area (Å²) in [6.07, 6.45) is 0.149. The van der Waals surface area contributed by atoms with Gasteiger partial charge in [-0.2, -0.15) is 4.58 Å². The molecule has 2 rings (SSSR count). The Morgan fingerprint density at radius 2 is 1.55 bits per heavy atom. The summed E-state index contributed by atoms with van der Waals surface area (Å²) in [5, 5.41) is 0. The van der Waals surface area contributed by atoms with Crippen LogP contribution in [0, 0.1) is 11.8 Å². The highest BCUT2D eigenvalue weighted by molar-refractivity contribution is 5.74. The monoisotopic (exact) mass is 274 g/mol. The van der Waals surface area contributed by atoms with E-state index in [2.05, 4.69) is 76.4 Å². The van der Waals surface area contributed by atoms with Crippen LogP contribution in [0.5, 0.6) is 0 Å². The van der Waals surface area contributed by atoms with Gasteiger partial charge < -0.3 is 4.74 Å². The van der Waals surface area contributed by atoms with E-state index in [1.807, 2.05) is 0 Å². The first-order valence-corrected chi connectivity index (χ1v) is 7.80. The average molecular weight is 274 g/mol. The number of nitrogens with zero attached hydrogens (tertiary/aromatic N) is 1. The van der Waals surface area contributed by atoms with Gasteiger partial charge in [0.05, 0.1) is 5.92 Å². The molecule has 0 saturated heterocycles. The second-order valence-electron chi connectivity index (χ2n) is 6.68. The van der Waals surface area contributed by atoms with Crippen molar-refractivity contribution in [2.24, 2.45) is 11.8 Å². The molecule has 0 unspecified atom stereocenters. The molecule has 1 aliphatic heterocycles. The summed E-state index contributed by atoms with van der Waals surface area (Å²) >= 11 is 0. The normalized spacial score (nSPS) is 23.1. The highest BCUT2D eigenvalue weighted by Crippen LogP contribution is 2.35. The minimum absolute atomic E-state index is 0.149. The molecule has 0 radical (unpaired) electrons. The highest BCUT2D eigenvalue weighted by Gasteiger charge is 2.48. The largest absolute Gasteiger partial charge is 0.432 e. The second kappa shape index (κ2) is 5.99. The number of hydrogen-bond acceptors (Lipinski definition) is 1. The van der Waals surface area contributed by atoms with Crippen molar-refractivity contribution >= 4 is 5.90 Å². The van der Waals surface area contributed by atoms with Crippen LogP contribution in [0.25, 0.3) is 0 Å². The fourth-order valence-corrected chi connectivity index (χ4v) is 3.17. The predicted octanol–water partition coefficient (Wildman–Crippen LogP) is 4.26. The van der Waals surface area contributed by atoms with E-state index in [-0.39, 0.29) is 6.10 Å². The van der Waals surface area contributed by atoms with Crippen LogP contribution in [0.2, 0.25) is 0 Å². The van der Waals surface area contributed by atoms with Gasteiger partial charge in [-0.1, -0.05) is 44.2 Å². The standard InChI is InChI=1S/C18H28NO/c1-12(2)16-17(15-10-8-7-9-11-15)20-18(13(3)4)19(16)14(5)6/h7-14,16-17H,1-6H3/q+1/t16-,17+/m0/s1. The molecule has 110 valence electrons. The Labute approximate surface area is 123 Å². The fraction of sp³-hybridized carbons (Fsp3) is 0.611. The lowest BCUT2D eigenvalue weighted by molar-refractivity contribution is -0.597. The van der Waals surface area contributed by atoms with Crippen LogP contribution in [0.1, 0.15) is 53.2 Å². The fourth-order valence-electron chi connectivity index (χ4n) is 3.17. The highest BCUT2D eigenvalue weighted by atomic mass is 16.5. The average Bonchev–Trinajstić information content (AvgIpc) is 2.80. The summed E-state index contributed by atoms with van der Waals surface area (Å²) in [7, 11) is 0. The van der Waals surface area contributed by atoms with Crippen LogP contribution in [0.4, 0.5) is 0 Å². The molecule has 0 N–H and O–H groups in total. The molecule has 20 heavy (non-hydrogen) atoms. The van der Waals surface area contributed by atoms with Gasteiger partial charge in [0.25, 0.3) is 0 Å². The number of ether oxygens (including phenoxy) is 1. The van der Waals surface area contributed by atoms with E-state index in [1.165, 1.54) is 5.56 Å². The zero-order chi connectivity index (χ0) is 14.9. The topological polar surface area (TPSA) is 12.2 Å². The second-order valence-corrected chi connectivity index (χ2v) is 6.68. The van der Waals surface area contributed by atoms with E-state index in [0.29, 0.717) is 23.9 Å². The SMILES string of the molecule is CC(C)C1=[N+](C(C)C)[C@@H](C(C)C)[C@@H](c2ccccc2)O1. The van der Waals surface area contributed by atoms with Crippen molar-refractivity contribution in [1.82, 2.24) is 0 Å². The summed E-state index contributed by atoms with van der Waals surface area (Å²) < 4.78 is 8.89. The third kappa shape index (κ3) is 2.74. The maximum absolute atomic E-state index is 6.40. The van der Waals surface area contributed by atoms with Crippen LogP contribution in [-0.2, 0) is 4.74 Å². The van der Waals surface area contributed by atoms with Gasteiger partial charge >= 0.3 is 5.90 Å². The van der Waals surface area contributed by atoms with Gasteiger partial charge in [0, 0.05) is 5.92 Å². The predicted molar refractivity (Wildman–Crippen MR) is 84.1 cm³/mol. The molecule has 1 aliphatic rings. The third-order valence-corrected chi connectivity index (χ3v) is 3.99. The minimum Gasteiger partial charge on any atom is -0.432 e. The summed E-state index contributed by atoms with van der Waals surface area (Å²) in [6.45, 7) is 13.5. The third-order valence-electron chi connectivity index (χ3n) is 3.99. The number of hydrogen-bond donors (Lipinski definition) is 0. The van der Waals surface area contributed by atoms with Gasteiger partial charge in [-0.05, 0) is 33.3 Å². The van der Waals surface area contributed by atoms with E-state index < -0.39 is 0 Å². The first kappa shape index (κ1) is 15.1. The zero-order valence-electron chi connectivity index (χ0n) is 13.6. The molecule has 0 fully saturated rings. The van der Waals surface area contributed by atoms with Gasteiger partial charge in [-0.15, -0.1) is 0 Å². The molecule has 2 atom stereocenters. The van der Waals surface area contributed by atoms with Crippen molar-refractivity contribution in [3.8, 4) is 0 Å². The summed E-state index contributed by atoms with van der Waals surface area (Å²) in [5.41, 5.74) is 1.28. The van der Waals surface area contributed by atoms with Crippen molar-refractivity contribution in [2.45, 2.75) is 59.7 Å². The molecule has 1 aromatic carbocycles. The summed E-state index contributed by atoms with van der Waals surface area (Å²) in [4.78, 5) is 0. The van der Waals surface area contributed by atoms with Crippen molar-refractivity contribution in [3.05, 3.63) is 35.9 Å². The Bertz CT molecular complexity index is 473. The minimum atomic E-state index is 0.149. The lowest BCUT2D eigenvalue weighted by Crippen LogP contribution is -2.37. The molecular formula is C18H28NO+. The molecule has 0 aromatic heterocycles. The Morgan fingerprint density at radius 1 is 0.950 bits per heavy atom. The van der Waals surface area contributed by atoms with Gasteiger partial charge in [0.1, 0.15) is 0 Å². The lowest BCUT2D eigenvalue weighted by Gasteiger charge is -2.21. The molecule has 0 saturated carbocycles. The first-order chi connectivity index (χ1) is 9.43. The van der Waals surface area contributed by atoms with Crippen molar-refractivity contribution in [2.75, 3.05) is 0 Å². The van der Waals surface area contributed by atoms with E-state index in [0.717, 1.165) is 5.90 Å². The van der Waals surface area contributed by atoms with Gasteiger partial charge in [0.15, 0.2) is 18.2 Å². The van der Waals surface area contributed by atoms with Crippen LogP contribution in [0.3, 0.4) is 0 Å².